The molecule has 0 aliphatic heterocycles. The highest BCUT2D eigenvalue weighted by molar-refractivity contribution is 9.10. The summed E-state index contributed by atoms with van der Waals surface area (Å²) >= 11 is 3.46. The number of anilines is 4. The minimum absolute atomic E-state index is 0.457. The molecule has 0 aliphatic carbocycles. The Kier molecular flexibility index (Phi) is 5.05. The summed E-state index contributed by atoms with van der Waals surface area (Å²) in [5.41, 5.74) is 4.33. The molecule has 122 valence electrons. The van der Waals surface area contributed by atoms with Crippen molar-refractivity contribution in [3.05, 3.63) is 64.3 Å². The van der Waals surface area contributed by atoms with Crippen molar-refractivity contribution >= 4 is 39.1 Å². The van der Waals surface area contributed by atoms with E-state index in [0.29, 0.717) is 11.8 Å². The van der Waals surface area contributed by atoms with E-state index in [-0.39, 0.29) is 0 Å². The van der Waals surface area contributed by atoms with E-state index in [1.54, 1.807) is 6.20 Å². The SMILES string of the molecule is CCc1ccc(Nc2nncc(Nc3ccc(Br)cc3C)n2)cc1. The van der Waals surface area contributed by atoms with Crippen molar-refractivity contribution in [2.75, 3.05) is 10.6 Å². The number of hydrogen-bond donors (Lipinski definition) is 2. The van der Waals surface area contributed by atoms with Crippen LogP contribution in [0.25, 0.3) is 0 Å². The van der Waals surface area contributed by atoms with Crippen molar-refractivity contribution in [2.24, 2.45) is 0 Å². The lowest BCUT2D eigenvalue weighted by Gasteiger charge is -2.10. The first-order chi connectivity index (χ1) is 11.6. The van der Waals surface area contributed by atoms with Gasteiger partial charge >= 0.3 is 0 Å². The number of rotatable bonds is 5. The molecule has 6 heteroatoms. The van der Waals surface area contributed by atoms with Gasteiger partial charge in [-0.15, -0.1) is 5.10 Å². The highest BCUT2D eigenvalue weighted by Gasteiger charge is 2.04. The van der Waals surface area contributed by atoms with Gasteiger partial charge < -0.3 is 10.6 Å². The predicted octanol–water partition coefficient (Wildman–Crippen LogP) is 4.99. The first kappa shape index (κ1) is 16.4. The van der Waals surface area contributed by atoms with Crippen LogP contribution in [0.15, 0.2) is 53.1 Å². The molecule has 0 saturated carbocycles. The van der Waals surface area contributed by atoms with Crippen molar-refractivity contribution in [1.82, 2.24) is 15.2 Å². The summed E-state index contributed by atoms with van der Waals surface area (Å²) < 4.78 is 1.05. The van der Waals surface area contributed by atoms with E-state index in [4.69, 9.17) is 0 Å². The monoisotopic (exact) mass is 383 g/mol. The zero-order valence-corrected chi connectivity index (χ0v) is 15.1. The minimum atomic E-state index is 0.457. The topological polar surface area (TPSA) is 62.7 Å². The molecule has 0 spiro atoms. The number of aromatic nitrogens is 3. The van der Waals surface area contributed by atoms with Crippen molar-refractivity contribution in [3.8, 4) is 0 Å². The molecular formula is C18H18BrN5. The maximum absolute atomic E-state index is 4.46. The fourth-order valence-electron chi connectivity index (χ4n) is 2.27. The second-order valence-corrected chi connectivity index (χ2v) is 6.34. The molecule has 0 radical (unpaired) electrons. The summed E-state index contributed by atoms with van der Waals surface area (Å²) in [4.78, 5) is 4.46. The molecule has 0 atom stereocenters. The quantitative estimate of drug-likeness (QED) is 0.649. The number of nitrogens with zero attached hydrogens (tertiary/aromatic N) is 3. The van der Waals surface area contributed by atoms with E-state index in [9.17, 15) is 0 Å². The lowest BCUT2D eigenvalue weighted by Crippen LogP contribution is -2.03. The Labute approximate surface area is 149 Å². The fourth-order valence-corrected chi connectivity index (χ4v) is 2.75. The molecule has 0 unspecified atom stereocenters. The van der Waals surface area contributed by atoms with Crippen LogP contribution < -0.4 is 10.6 Å². The van der Waals surface area contributed by atoms with Crippen LogP contribution in [0, 0.1) is 6.92 Å². The van der Waals surface area contributed by atoms with Crippen molar-refractivity contribution < 1.29 is 0 Å². The smallest absolute Gasteiger partial charge is 0.249 e. The molecule has 2 aromatic carbocycles. The van der Waals surface area contributed by atoms with Gasteiger partial charge in [0.1, 0.15) is 0 Å². The molecule has 3 rings (SSSR count). The van der Waals surface area contributed by atoms with Gasteiger partial charge in [0.15, 0.2) is 5.82 Å². The lowest BCUT2D eigenvalue weighted by atomic mass is 10.1. The fraction of sp³-hybridized carbons (Fsp3) is 0.167. The number of nitrogens with one attached hydrogen (secondary N) is 2. The van der Waals surface area contributed by atoms with Crippen LogP contribution in [0.1, 0.15) is 18.1 Å². The Bertz CT molecular complexity index is 833. The minimum Gasteiger partial charge on any atom is -0.339 e. The predicted molar refractivity (Wildman–Crippen MR) is 101 cm³/mol. The van der Waals surface area contributed by atoms with Gasteiger partial charge in [0, 0.05) is 15.8 Å². The molecule has 5 nitrogen and oxygen atoms in total. The molecule has 0 aliphatic rings. The van der Waals surface area contributed by atoms with E-state index < -0.39 is 0 Å². The van der Waals surface area contributed by atoms with Crippen LogP contribution in [0.4, 0.5) is 23.1 Å². The maximum atomic E-state index is 4.46. The molecule has 0 amide bonds. The van der Waals surface area contributed by atoms with Crippen molar-refractivity contribution in [3.63, 3.8) is 0 Å². The van der Waals surface area contributed by atoms with Crippen molar-refractivity contribution in [2.45, 2.75) is 20.3 Å². The Balaban J connectivity index is 1.75. The van der Waals surface area contributed by atoms with Crippen LogP contribution >= 0.6 is 15.9 Å². The second kappa shape index (κ2) is 7.40. The van der Waals surface area contributed by atoms with Gasteiger partial charge in [0.25, 0.3) is 0 Å². The van der Waals surface area contributed by atoms with Gasteiger partial charge in [-0.1, -0.05) is 35.0 Å². The molecule has 0 fully saturated rings. The average Bonchev–Trinajstić information content (AvgIpc) is 2.58. The summed E-state index contributed by atoms with van der Waals surface area (Å²) in [7, 11) is 0. The zero-order chi connectivity index (χ0) is 16.9. The highest BCUT2D eigenvalue weighted by Crippen LogP contribution is 2.23. The van der Waals surface area contributed by atoms with Crippen LogP contribution in [-0.2, 0) is 6.42 Å². The van der Waals surface area contributed by atoms with E-state index in [0.717, 1.165) is 27.8 Å². The second-order valence-electron chi connectivity index (χ2n) is 5.42. The van der Waals surface area contributed by atoms with E-state index >= 15 is 0 Å². The Morgan fingerprint density at radius 1 is 1.04 bits per heavy atom. The molecule has 1 heterocycles. The van der Waals surface area contributed by atoms with Gasteiger partial charge in [-0.05, 0) is 54.8 Å². The van der Waals surface area contributed by atoms with Gasteiger partial charge in [-0.3, -0.25) is 0 Å². The number of benzene rings is 2. The zero-order valence-electron chi connectivity index (χ0n) is 13.5. The van der Waals surface area contributed by atoms with Gasteiger partial charge in [-0.25, -0.2) is 0 Å². The standard InChI is InChI=1S/C18H18BrN5/c1-3-13-4-7-15(8-5-13)21-18-23-17(11-20-24-18)22-16-9-6-14(19)10-12(16)2/h4-11H,3H2,1-2H3,(H2,21,22,23,24). The molecule has 1 aromatic heterocycles. The van der Waals surface area contributed by atoms with Gasteiger partial charge in [-0.2, -0.15) is 10.1 Å². The Morgan fingerprint density at radius 2 is 1.83 bits per heavy atom. The molecule has 2 N–H and O–H groups in total. The lowest BCUT2D eigenvalue weighted by molar-refractivity contribution is 0.982. The first-order valence-corrected chi connectivity index (χ1v) is 8.52. The molecule has 24 heavy (non-hydrogen) atoms. The number of aryl methyl sites for hydroxylation is 2. The molecule has 3 aromatic rings. The third-order valence-electron chi connectivity index (χ3n) is 3.63. The first-order valence-electron chi connectivity index (χ1n) is 7.73. The maximum Gasteiger partial charge on any atom is 0.249 e. The van der Waals surface area contributed by atoms with Gasteiger partial charge in [0.05, 0.1) is 6.20 Å². The summed E-state index contributed by atoms with van der Waals surface area (Å²) in [6.45, 7) is 4.17. The van der Waals surface area contributed by atoms with Crippen molar-refractivity contribution in [1.29, 1.82) is 0 Å². The molecule has 0 saturated heterocycles. The summed E-state index contributed by atoms with van der Waals surface area (Å²) in [6.07, 6.45) is 2.62. The average molecular weight is 384 g/mol. The largest absolute Gasteiger partial charge is 0.339 e. The summed E-state index contributed by atoms with van der Waals surface area (Å²) in [6, 6.07) is 14.2. The van der Waals surface area contributed by atoms with E-state index in [2.05, 4.69) is 60.8 Å². The van der Waals surface area contributed by atoms with Crippen LogP contribution in [0.2, 0.25) is 0 Å². The molecule has 0 bridgehead atoms. The van der Waals surface area contributed by atoms with Crippen LogP contribution in [0.3, 0.4) is 0 Å². The number of hydrogen-bond acceptors (Lipinski definition) is 5. The highest BCUT2D eigenvalue weighted by atomic mass is 79.9. The third kappa shape index (κ3) is 4.08. The summed E-state index contributed by atoms with van der Waals surface area (Å²) in [5.74, 6) is 1.10. The third-order valence-corrected chi connectivity index (χ3v) is 4.12. The van der Waals surface area contributed by atoms with Gasteiger partial charge in [0.2, 0.25) is 5.95 Å². The normalized spacial score (nSPS) is 10.5. The summed E-state index contributed by atoms with van der Waals surface area (Å²) in [5, 5.41) is 14.5. The van der Waals surface area contributed by atoms with Crippen LogP contribution in [0.5, 0.6) is 0 Å². The number of halogens is 1. The van der Waals surface area contributed by atoms with E-state index in [1.165, 1.54) is 5.56 Å². The molecular weight excluding hydrogens is 366 g/mol. The van der Waals surface area contributed by atoms with Crippen LogP contribution in [-0.4, -0.2) is 15.2 Å². The Hall–Kier alpha value is -2.47. The Morgan fingerprint density at radius 3 is 2.54 bits per heavy atom. The van der Waals surface area contributed by atoms with E-state index in [1.807, 2.05) is 37.3 Å².